The first-order valence-corrected chi connectivity index (χ1v) is 17.8. The predicted octanol–water partition coefficient (Wildman–Crippen LogP) is 5.31. The SMILES string of the molecule is COc1nc(-c2cccc(-c3cccc(-c4ccc5c(n4)N(C)CCC5NC[C@@H]4CCC(=O)N4)c3Cl)c2Cl)cnc1CNC[C@@H]1CCC(=O)N1. The van der Waals surface area contributed by atoms with Gasteiger partial charge in [-0.2, -0.15) is 0 Å². The molecule has 5 heterocycles. The molecule has 0 saturated carbocycles. The molecule has 2 saturated heterocycles. The number of carbonyl (C=O) groups is 2. The molecule has 11 nitrogen and oxygen atoms in total. The molecule has 2 aromatic carbocycles. The Morgan fingerprint density at radius 3 is 2.12 bits per heavy atom. The van der Waals surface area contributed by atoms with E-state index in [4.69, 9.17) is 37.9 Å². The Morgan fingerprint density at radius 2 is 1.48 bits per heavy atom. The quantitative estimate of drug-likeness (QED) is 0.163. The van der Waals surface area contributed by atoms with Gasteiger partial charge >= 0.3 is 0 Å². The average Bonchev–Trinajstić information content (AvgIpc) is 3.75. The number of benzene rings is 2. The summed E-state index contributed by atoms with van der Waals surface area (Å²) in [7, 11) is 3.63. The van der Waals surface area contributed by atoms with E-state index in [1.165, 1.54) is 0 Å². The molecule has 3 aliphatic rings. The fourth-order valence-electron chi connectivity index (χ4n) is 6.98. The van der Waals surface area contributed by atoms with Crippen LogP contribution in [0.15, 0.2) is 54.7 Å². The van der Waals surface area contributed by atoms with E-state index in [2.05, 4.69) is 44.3 Å². The van der Waals surface area contributed by atoms with Crippen LogP contribution in [0.1, 0.15) is 49.4 Å². The van der Waals surface area contributed by atoms with Gasteiger partial charge in [-0.15, -0.1) is 0 Å². The van der Waals surface area contributed by atoms with E-state index in [-0.39, 0.29) is 29.9 Å². The molecule has 13 heteroatoms. The monoisotopic (exact) mass is 714 g/mol. The topological polar surface area (TPSA) is 133 Å². The number of ether oxygens (including phenoxy) is 1. The number of aromatic nitrogens is 3. The molecule has 0 spiro atoms. The second kappa shape index (κ2) is 14.9. The Labute approximate surface area is 301 Å². The summed E-state index contributed by atoms with van der Waals surface area (Å²) in [6.45, 7) is 2.68. The second-order valence-corrected chi connectivity index (χ2v) is 13.8. The van der Waals surface area contributed by atoms with Crippen molar-refractivity contribution in [2.45, 2.75) is 56.8 Å². The molecule has 2 aromatic heterocycles. The van der Waals surface area contributed by atoms with Crippen LogP contribution in [0.4, 0.5) is 5.82 Å². The third-order valence-corrected chi connectivity index (χ3v) is 10.5. The standard InChI is InChI=1S/C37H40Cl2N8O3/c1-47-16-15-28(41-18-22-10-14-33(49)44-22)27-11-12-29(45-36(27)47)25-7-3-5-23(34(25)38)24-6-4-8-26(35(24)39)30-20-42-31(37(46-30)50-2)19-40-17-21-9-13-32(48)43-21/h3-8,11-12,20-22,28,40-41H,9-10,13-19H2,1-2H3,(H,43,48)(H,44,49)/t21-,22-,28?/m0/s1. The number of anilines is 1. The maximum atomic E-state index is 11.7. The number of nitrogens with zero attached hydrogens (tertiary/aromatic N) is 4. The van der Waals surface area contributed by atoms with Gasteiger partial charge in [0.05, 0.1) is 34.7 Å². The van der Waals surface area contributed by atoms with Gasteiger partial charge in [0.1, 0.15) is 11.5 Å². The molecular formula is C37H40Cl2N8O3. The summed E-state index contributed by atoms with van der Waals surface area (Å²) in [6, 6.07) is 16.3. The molecule has 3 aliphatic heterocycles. The lowest BCUT2D eigenvalue weighted by Gasteiger charge is -2.33. The highest BCUT2D eigenvalue weighted by Gasteiger charge is 2.28. The third-order valence-electron chi connectivity index (χ3n) is 9.70. The number of hydrogen-bond acceptors (Lipinski definition) is 9. The minimum Gasteiger partial charge on any atom is -0.480 e. The van der Waals surface area contributed by atoms with Crippen molar-refractivity contribution >= 4 is 40.8 Å². The van der Waals surface area contributed by atoms with E-state index in [0.717, 1.165) is 66.1 Å². The van der Waals surface area contributed by atoms with Crippen LogP contribution in [-0.4, -0.2) is 72.6 Å². The minimum atomic E-state index is 0.0875. The first-order chi connectivity index (χ1) is 24.3. The number of fused-ring (bicyclic) bond motifs is 1. The number of rotatable bonds is 11. The van der Waals surface area contributed by atoms with Crippen LogP contribution in [0.5, 0.6) is 5.88 Å². The lowest BCUT2D eigenvalue weighted by molar-refractivity contribution is -0.120. The van der Waals surface area contributed by atoms with Crippen molar-refractivity contribution in [1.29, 1.82) is 0 Å². The minimum absolute atomic E-state index is 0.0875. The van der Waals surface area contributed by atoms with E-state index in [1.807, 2.05) is 42.5 Å². The van der Waals surface area contributed by atoms with Gasteiger partial charge in [-0.25, -0.2) is 9.97 Å². The second-order valence-electron chi connectivity index (χ2n) is 13.1. The van der Waals surface area contributed by atoms with Crippen LogP contribution in [0.25, 0.3) is 33.6 Å². The van der Waals surface area contributed by atoms with E-state index < -0.39 is 0 Å². The molecule has 4 aromatic rings. The molecule has 1 unspecified atom stereocenters. The highest BCUT2D eigenvalue weighted by molar-refractivity contribution is 6.39. The third kappa shape index (κ3) is 7.14. The van der Waals surface area contributed by atoms with Crippen molar-refractivity contribution in [3.63, 3.8) is 0 Å². The molecule has 50 heavy (non-hydrogen) atoms. The Morgan fingerprint density at radius 1 is 0.840 bits per heavy atom. The van der Waals surface area contributed by atoms with E-state index in [0.29, 0.717) is 58.8 Å². The largest absolute Gasteiger partial charge is 0.480 e. The van der Waals surface area contributed by atoms with Crippen molar-refractivity contribution in [2.24, 2.45) is 0 Å². The van der Waals surface area contributed by atoms with E-state index in [9.17, 15) is 9.59 Å². The maximum absolute atomic E-state index is 11.7. The average molecular weight is 716 g/mol. The summed E-state index contributed by atoms with van der Waals surface area (Å²) >= 11 is 14.3. The van der Waals surface area contributed by atoms with Crippen LogP contribution in [0.3, 0.4) is 0 Å². The van der Waals surface area contributed by atoms with Crippen molar-refractivity contribution in [1.82, 2.24) is 36.2 Å². The van der Waals surface area contributed by atoms with Crippen molar-refractivity contribution in [3.05, 3.63) is 76.0 Å². The van der Waals surface area contributed by atoms with Gasteiger partial charge in [-0.05, 0) is 25.3 Å². The molecular weight excluding hydrogens is 675 g/mol. The number of carbonyl (C=O) groups excluding carboxylic acids is 2. The van der Waals surface area contributed by atoms with Gasteiger partial charge in [-0.3, -0.25) is 14.6 Å². The van der Waals surface area contributed by atoms with E-state index in [1.54, 1.807) is 13.3 Å². The Balaban J connectivity index is 1.12. The zero-order chi connectivity index (χ0) is 34.8. The van der Waals surface area contributed by atoms with Gasteiger partial charge in [0.2, 0.25) is 17.7 Å². The highest BCUT2D eigenvalue weighted by Crippen LogP contribution is 2.43. The zero-order valence-electron chi connectivity index (χ0n) is 28.1. The summed E-state index contributed by atoms with van der Waals surface area (Å²) in [6.07, 6.45) is 5.48. The number of halogens is 2. The van der Waals surface area contributed by atoms with Gasteiger partial charge < -0.3 is 30.9 Å². The smallest absolute Gasteiger partial charge is 0.237 e. The molecule has 0 bridgehead atoms. The van der Waals surface area contributed by atoms with Crippen molar-refractivity contribution in [2.75, 3.05) is 38.7 Å². The first-order valence-electron chi connectivity index (χ1n) is 17.0. The summed E-state index contributed by atoms with van der Waals surface area (Å²) in [5, 5.41) is 14.1. The first kappa shape index (κ1) is 34.2. The fraction of sp³-hybridized carbons (Fsp3) is 0.378. The van der Waals surface area contributed by atoms with Crippen LogP contribution in [0, 0.1) is 0 Å². The number of amides is 2. The predicted molar refractivity (Wildman–Crippen MR) is 195 cm³/mol. The highest BCUT2D eigenvalue weighted by atomic mass is 35.5. The van der Waals surface area contributed by atoms with Gasteiger partial charge in [-0.1, -0.05) is 65.7 Å². The number of nitrogens with one attached hydrogen (secondary N) is 4. The van der Waals surface area contributed by atoms with Gasteiger partial charge in [0.25, 0.3) is 0 Å². The Kier molecular flexibility index (Phi) is 10.2. The molecule has 0 radical (unpaired) electrons. The molecule has 3 atom stereocenters. The lowest BCUT2D eigenvalue weighted by Crippen LogP contribution is -2.40. The molecule has 2 amide bonds. The molecule has 7 rings (SSSR count). The van der Waals surface area contributed by atoms with Crippen molar-refractivity contribution < 1.29 is 14.3 Å². The fourth-order valence-corrected chi connectivity index (χ4v) is 7.63. The van der Waals surface area contributed by atoms with Gasteiger partial charge in [0, 0.05) is 92.0 Å². The lowest BCUT2D eigenvalue weighted by atomic mass is 9.96. The molecule has 4 N–H and O–H groups in total. The summed E-state index contributed by atoms with van der Waals surface area (Å²) in [4.78, 5) is 39.9. The van der Waals surface area contributed by atoms with Gasteiger partial charge in [0.15, 0.2) is 0 Å². The van der Waals surface area contributed by atoms with Crippen LogP contribution < -0.4 is 30.9 Å². The Hall–Kier alpha value is -4.29. The van der Waals surface area contributed by atoms with Crippen LogP contribution >= 0.6 is 23.2 Å². The number of hydrogen-bond donors (Lipinski definition) is 4. The van der Waals surface area contributed by atoms with Crippen LogP contribution in [-0.2, 0) is 16.1 Å². The number of pyridine rings is 1. The maximum Gasteiger partial charge on any atom is 0.237 e. The zero-order valence-corrected chi connectivity index (χ0v) is 29.6. The molecule has 2 fully saturated rings. The van der Waals surface area contributed by atoms with Crippen LogP contribution in [0.2, 0.25) is 10.0 Å². The van der Waals surface area contributed by atoms with E-state index >= 15 is 0 Å². The summed E-state index contributed by atoms with van der Waals surface area (Å²) in [5.74, 6) is 1.53. The van der Waals surface area contributed by atoms with Crippen molar-refractivity contribution in [3.8, 4) is 39.5 Å². The summed E-state index contributed by atoms with van der Waals surface area (Å²) < 4.78 is 5.60. The molecule has 0 aliphatic carbocycles. The normalized spacial score (nSPS) is 20.1. The molecule has 260 valence electrons. The summed E-state index contributed by atoms with van der Waals surface area (Å²) in [5.41, 5.74) is 6.20. The number of methoxy groups -OCH3 is 1. The Bertz CT molecular complexity index is 1920.